The largest absolute Gasteiger partial charge is 0.496 e. The number of nitrogens with one attached hydrogen (secondary N) is 1. The molecule has 4 rings (SSSR count). The van der Waals surface area contributed by atoms with Gasteiger partial charge >= 0.3 is 0 Å². The van der Waals surface area contributed by atoms with Crippen molar-refractivity contribution >= 4 is 28.8 Å². The molecular formula is C21H21ClN6O3. The highest BCUT2D eigenvalue weighted by atomic mass is 35.5. The van der Waals surface area contributed by atoms with E-state index < -0.39 is 6.10 Å². The van der Waals surface area contributed by atoms with E-state index in [1.54, 1.807) is 54.6 Å². The number of ether oxygens (including phenoxy) is 1. The fraction of sp³-hybridized carbons (Fsp3) is 0.238. The molecule has 0 saturated heterocycles. The molecular weight excluding hydrogens is 420 g/mol. The molecule has 160 valence electrons. The Hall–Kier alpha value is -3.43. The second kappa shape index (κ2) is 8.75. The second-order valence-electron chi connectivity index (χ2n) is 6.92. The molecule has 3 aromatic heterocycles. The van der Waals surface area contributed by atoms with Gasteiger partial charge in [-0.1, -0.05) is 18.5 Å². The number of hydrogen-bond acceptors (Lipinski definition) is 6. The number of carbonyl (C=O) groups excluding carboxylic acids is 1. The zero-order chi connectivity index (χ0) is 22.0. The van der Waals surface area contributed by atoms with Crippen LogP contribution in [0.25, 0.3) is 16.9 Å². The standard InChI is InChI=1S/C21H21ClN6O3/c1-3-14(29)11-27-12-17(19(26-27)15-9-13(22)5-6-18(15)31-2)25-21(30)16-10-24-28-8-4-7-23-20(16)28/h4-10,12,14,29H,3,11H2,1-2H3,(H,25,30)/t14-/m0/s1. The molecule has 1 aromatic carbocycles. The van der Waals surface area contributed by atoms with Crippen LogP contribution in [0.4, 0.5) is 5.69 Å². The van der Waals surface area contributed by atoms with Gasteiger partial charge in [-0.2, -0.15) is 10.2 Å². The number of hydrogen-bond donors (Lipinski definition) is 2. The van der Waals surface area contributed by atoms with E-state index in [-0.39, 0.29) is 12.5 Å². The second-order valence-corrected chi connectivity index (χ2v) is 7.36. The van der Waals surface area contributed by atoms with Gasteiger partial charge in [0.1, 0.15) is 17.0 Å². The van der Waals surface area contributed by atoms with Crippen LogP contribution in [0.15, 0.2) is 49.1 Å². The minimum atomic E-state index is -0.568. The zero-order valence-electron chi connectivity index (χ0n) is 17.0. The van der Waals surface area contributed by atoms with Crippen molar-refractivity contribution in [2.45, 2.75) is 26.0 Å². The van der Waals surface area contributed by atoms with Crippen LogP contribution in [-0.2, 0) is 6.54 Å². The first kappa shape index (κ1) is 20.8. The summed E-state index contributed by atoms with van der Waals surface area (Å²) in [5, 5.41) is 22.2. The van der Waals surface area contributed by atoms with E-state index in [1.807, 2.05) is 6.92 Å². The molecule has 1 amide bonds. The third-order valence-electron chi connectivity index (χ3n) is 4.82. The van der Waals surface area contributed by atoms with Crippen molar-refractivity contribution in [2.24, 2.45) is 0 Å². The molecule has 0 aliphatic carbocycles. The predicted molar refractivity (Wildman–Crippen MR) is 116 cm³/mol. The van der Waals surface area contributed by atoms with Crippen molar-refractivity contribution in [3.63, 3.8) is 0 Å². The van der Waals surface area contributed by atoms with Gasteiger partial charge in [0.2, 0.25) is 0 Å². The molecule has 31 heavy (non-hydrogen) atoms. The Kier molecular flexibility index (Phi) is 5.88. The number of methoxy groups -OCH3 is 1. The van der Waals surface area contributed by atoms with E-state index in [2.05, 4.69) is 20.5 Å². The van der Waals surface area contributed by atoms with Crippen molar-refractivity contribution in [3.05, 3.63) is 59.6 Å². The predicted octanol–water partition coefficient (Wildman–Crippen LogP) is 3.28. The minimum absolute atomic E-state index is 0.278. The number of nitrogens with zero attached hydrogens (tertiary/aromatic N) is 5. The van der Waals surface area contributed by atoms with Crippen molar-refractivity contribution in [1.82, 2.24) is 24.4 Å². The number of aliphatic hydroxyl groups excluding tert-OH is 1. The molecule has 1 atom stereocenters. The number of aliphatic hydroxyl groups is 1. The van der Waals surface area contributed by atoms with Gasteiger partial charge in [0, 0.05) is 29.2 Å². The summed E-state index contributed by atoms with van der Waals surface area (Å²) >= 11 is 6.21. The molecule has 0 fully saturated rings. The van der Waals surface area contributed by atoms with E-state index in [0.29, 0.717) is 45.3 Å². The lowest BCUT2D eigenvalue weighted by Crippen LogP contribution is -2.15. The van der Waals surface area contributed by atoms with Gasteiger partial charge in [0.15, 0.2) is 5.65 Å². The number of carbonyl (C=O) groups is 1. The van der Waals surface area contributed by atoms with Crippen LogP contribution >= 0.6 is 11.6 Å². The Morgan fingerprint density at radius 1 is 1.39 bits per heavy atom. The first-order valence-electron chi connectivity index (χ1n) is 9.69. The summed E-state index contributed by atoms with van der Waals surface area (Å²) in [5.41, 5.74) is 2.30. The maximum atomic E-state index is 13.0. The van der Waals surface area contributed by atoms with Crippen LogP contribution in [0, 0.1) is 0 Å². The lowest BCUT2D eigenvalue weighted by atomic mass is 10.1. The van der Waals surface area contributed by atoms with Gasteiger partial charge in [-0.05, 0) is 30.7 Å². The summed E-state index contributed by atoms with van der Waals surface area (Å²) < 4.78 is 8.58. The number of benzene rings is 1. The Morgan fingerprint density at radius 3 is 3.00 bits per heavy atom. The molecule has 10 heteroatoms. The Labute approximate surface area is 183 Å². The van der Waals surface area contributed by atoms with Crippen molar-refractivity contribution in [1.29, 1.82) is 0 Å². The van der Waals surface area contributed by atoms with E-state index in [9.17, 15) is 9.90 Å². The van der Waals surface area contributed by atoms with Crippen LogP contribution < -0.4 is 10.1 Å². The fourth-order valence-electron chi connectivity index (χ4n) is 3.19. The third-order valence-corrected chi connectivity index (χ3v) is 5.05. The topological polar surface area (TPSA) is 107 Å². The van der Waals surface area contributed by atoms with E-state index in [1.165, 1.54) is 10.7 Å². The molecule has 2 N–H and O–H groups in total. The third kappa shape index (κ3) is 4.23. The average Bonchev–Trinajstić information content (AvgIpc) is 3.37. The van der Waals surface area contributed by atoms with Crippen LogP contribution in [0.1, 0.15) is 23.7 Å². The smallest absolute Gasteiger partial charge is 0.261 e. The fourth-order valence-corrected chi connectivity index (χ4v) is 3.36. The number of rotatable bonds is 7. The van der Waals surface area contributed by atoms with Crippen molar-refractivity contribution in [3.8, 4) is 17.0 Å². The normalized spacial score (nSPS) is 12.1. The number of aromatic nitrogens is 5. The van der Waals surface area contributed by atoms with Crippen LogP contribution in [0.2, 0.25) is 5.02 Å². The molecule has 0 radical (unpaired) electrons. The molecule has 3 heterocycles. The molecule has 0 bridgehead atoms. The van der Waals surface area contributed by atoms with Gasteiger partial charge in [-0.15, -0.1) is 0 Å². The molecule has 0 aliphatic rings. The monoisotopic (exact) mass is 440 g/mol. The number of amides is 1. The Bertz CT molecular complexity index is 1240. The Balaban J connectivity index is 1.75. The summed E-state index contributed by atoms with van der Waals surface area (Å²) in [6.07, 6.45) is 6.45. The summed E-state index contributed by atoms with van der Waals surface area (Å²) in [4.78, 5) is 17.3. The minimum Gasteiger partial charge on any atom is -0.496 e. The van der Waals surface area contributed by atoms with E-state index in [4.69, 9.17) is 16.3 Å². The van der Waals surface area contributed by atoms with Gasteiger partial charge < -0.3 is 15.2 Å². The maximum absolute atomic E-state index is 13.0. The first-order valence-corrected chi connectivity index (χ1v) is 10.1. The highest BCUT2D eigenvalue weighted by molar-refractivity contribution is 6.31. The first-order chi connectivity index (χ1) is 15.0. The van der Waals surface area contributed by atoms with E-state index >= 15 is 0 Å². The quantitative estimate of drug-likeness (QED) is 0.456. The van der Waals surface area contributed by atoms with Crippen molar-refractivity contribution in [2.75, 3.05) is 12.4 Å². The van der Waals surface area contributed by atoms with Gasteiger partial charge in [0.05, 0.1) is 31.6 Å². The summed E-state index contributed by atoms with van der Waals surface area (Å²) in [6, 6.07) is 6.90. The highest BCUT2D eigenvalue weighted by Gasteiger charge is 2.21. The average molecular weight is 441 g/mol. The summed E-state index contributed by atoms with van der Waals surface area (Å²) in [7, 11) is 1.55. The summed E-state index contributed by atoms with van der Waals surface area (Å²) in [5.74, 6) is 0.172. The molecule has 0 spiro atoms. The molecule has 0 aliphatic heterocycles. The summed E-state index contributed by atoms with van der Waals surface area (Å²) in [6.45, 7) is 2.16. The van der Waals surface area contributed by atoms with Gasteiger partial charge in [-0.3, -0.25) is 9.48 Å². The van der Waals surface area contributed by atoms with Crippen LogP contribution in [-0.4, -0.2) is 48.6 Å². The van der Waals surface area contributed by atoms with Gasteiger partial charge in [0.25, 0.3) is 5.91 Å². The van der Waals surface area contributed by atoms with Crippen LogP contribution in [0.5, 0.6) is 5.75 Å². The van der Waals surface area contributed by atoms with Crippen LogP contribution in [0.3, 0.4) is 0 Å². The Morgan fingerprint density at radius 2 is 2.23 bits per heavy atom. The molecule has 4 aromatic rings. The van der Waals surface area contributed by atoms with Gasteiger partial charge in [-0.25, -0.2) is 9.50 Å². The lowest BCUT2D eigenvalue weighted by molar-refractivity contribution is 0.102. The number of fused-ring (bicyclic) bond motifs is 1. The highest BCUT2D eigenvalue weighted by Crippen LogP contribution is 2.36. The van der Waals surface area contributed by atoms with E-state index in [0.717, 1.165) is 0 Å². The lowest BCUT2D eigenvalue weighted by Gasteiger charge is -2.09. The maximum Gasteiger partial charge on any atom is 0.261 e. The zero-order valence-corrected chi connectivity index (χ0v) is 17.7. The number of anilines is 1. The number of halogens is 1. The molecule has 9 nitrogen and oxygen atoms in total. The molecule has 0 unspecified atom stereocenters. The SMILES string of the molecule is CC[C@H](O)Cn1cc(NC(=O)c2cnn3cccnc23)c(-c2cc(Cl)ccc2OC)n1. The molecule has 0 saturated carbocycles. The van der Waals surface area contributed by atoms with Crippen molar-refractivity contribution < 1.29 is 14.6 Å².